The molecule has 51 heavy (non-hydrogen) atoms. The molecule has 0 radical (unpaired) electrons. The van der Waals surface area contributed by atoms with Crippen molar-refractivity contribution < 1.29 is 4.42 Å². The van der Waals surface area contributed by atoms with Crippen LogP contribution in [0.5, 0.6) is 0 Å². The highest BCUT2D eigenvalue weighted by Gasteiger charge is 2.19. The van der Waals surface area contributed by atoms with Gasteiger partial charge in [-0.15, -0.1) is 0 Å². The van der Waals surface area contributed by atoms with Crippen LogP contribution in [0.4, 0.5) is 0 Å². The molecule has 10 aromatic rings. The molecule has 0 aliphatic carbocycles. The topological polar surface area (TPSA) is 51.8 Å². The monoisotopic (exact) mass is 651 g/mol. The lowest BCUT2D eigenvalue weighted by Crippen LogP contribution is -2.00. The molecule has 8 aromatic carbocycles. The Bertz CT molecular complexity index is 2840. The molecule has 0 fully saturated rings. The van der Waals surface area contributed by atoms with Crippen molar-refractivity contribution in [2.75, 3.05) is 0 Å². The van der Waals surface area contributed by atoms with E-state index in [0.29, 0.717) is 17.5 Å². The summed E-state index contributed by atoms with van der Waals surface area (Å²) in [5, 5.41) is 6.99. The van der Waals surface area contributed by atoms with Crippen LogP contribution < -0.4 is 0 Å². The van der Waals surface area contributed by atoms with Crippen LogP contribution in [0.3, 0.4) is 0 Å². The first kappa shape index (κ1) is 29.0. The van der Waals surface area contributed by atoms with Crippen molar-refractivity contribution in [1.29, 1.82) is 0 Å². The average Bonchev–Trinajstić information content (AvgIpc) is 3.58. The van der Waals surface area contributed by atoms with Gasteiger partial charge in [-0.2, -0.15) is 0 Å². The van der Waals surface area contributed by atoms with E-state index in [1.54, 1.807) is 0 Å². The minimum Gasteiger partial charge on any atom is -0.455 e. The maximum atomic E-state index is 6.96. The molecular weight excluding hydrogens is 623 g/mol. The molecule has 2 aromatic heterocycles. The van der Waals surface area contributed by atoms with Gasteiger partial charge in [-0.25, -0.2) is 15.0 Å². The van der Waals surface area contributed by atoms with Gasteiger partial charge in [-0.3, -0.25) is 0 Å². The Labute approximate surface area is 294 Å². The maximum absolute atomic E-state index is 6.96. The van der Waals surface area contributed by atoms with Crippen LogP contribution in [-0.4, -0.2) is 15.0 Å². The number of benzene rings is 8. The summed E-state index contributed by atoms with van der Waals surface area (Å²) < 4.78 is 6.96. The minimum absolute atomic E-state index is 0.628. The van der Waals surface area contributed by atoms with Gasteiger partial charge < -0.3 is 4.42 Å². The number of furan rings is 1. The van der Waals surface area contributed by atoms with Gasteiger partial charge in [0.05, 0.1) is 0 Å². The highest BCUT2D eigenvalue weighted by molar-refractivity contribution is 6.20. The molecule has 0 bridgehead atoms. The lowest BCUT2D eigenvalue weighted by molar-refractivity contribution is 0.671. The molecule has 238 valence electrons. The zero-order valence-corrected chi connectivity index (χ0v) is 27.5. The number of nitrogens with zero attached hydrogens (tertiary/aromatic N) is 3. The van der Waals surface area contributed by atoms with Gasteiger partial charge in [-0.05, 0) is 44.8 Å². The first-order chi connectivity index (χ1) is 25.3. The number of hydrogen-bond acceptors (Lipinski definition) is 4. The molecule has 0 saturated heterocycles. The summed E-state index contributed by atoms with van der Waals surface area (Å²) in [7, 11) is 0. The number of aromatic nitrogens is 3. The van der Waals surface area contributed by atoms with Crippen LogP contribution in [0.2, 0.25) is 0 Å². The number of rotatable bonds is 5. The van der Waals surface area contributed by atoms with Crippen LogP contribution in [0.25, 0.3) is 99.9 Å². The van der Waals surface area contributed by atoms with E-state index in [0.717, 1.165) is 60.9 Å². The molecule has 0 spiro atoms. The number of hydrogen-bond donors (Lipinski definition) is 0. The third-order valence-corrected chi connectivity index (χ3v) is 9.70. The highest BCUT2D eigenvalue weighted by Crippen LogP contribution is 2.44. The lowest BCUT2D eigenvalue weighted by atomic mass is 9.93. The van der Waals surface area contributed by atoms with Crippen molar-refractivity contribution >= 4 is 43.5 Å². The summed E-state index contributed by atoms with van der Waals surface area (Å²) in [6.07, 6.45) is 0. The van der Waals surface area contributed by atoms with E-state index in [4.69, 9.17) is 19.4 Å². The first-order valence-electron chi connectivity index (χ1n) is 17.1. The van der Waals surface area contributed by atoms with E-state index in [1.807, 2.05) is 60.7 Å². The fraction of sp³-hybridized carbons (Fsp3) is 0. The van der Waals surface area contributed by atoms with Gasteiger partial charge >= 0.3 is 0 Å². The van der Waals surface area contributed by atoms with Gasteiger partial charge in [0.2, 0.25) is 0 Å². The van der Waals surface area contributed by atoms with Crippen LogP contribution in [0.15, 0.2) is 180 Å². The quantitative estimate of drug-likeness (QED) is 0.186. The second kappa shape index (κ2) is 11.9. The van der Waals surface area contributed by atoms with E-state index >= 15 is 0 Å². The number of para-hydroxylation sites is 1. The predicted octanol–water partition coefficient (Wildman–Crippen LogP) is 12.4. The third kappa shape index (κ3) is 5.04. The molecule has 0 saturated carbocycles. The summed E-state index contributed by atoms with van der Waals surface area (Å²) in [6, 6.07) is 61.0. The average molecular weight is 652 g/mol. The molecule has 0 unspecified atom stereocenters. The van der Waals surface area contributed by atoms with E-state index in [2.05, 4.69) is 115 Å². The SMILES string of the molecule is c1ccc(-c2nc(-c3ccccc3)nc(-c3ccc(-c4cccc5c4oc4c(-c6ccc7ccccc7c6)c6ccccc6cc45)cc3)n2)cc1. The fourth-order valence-corrected chi connectivity index (χ4v) is 7.19. The molecule has 4 heteroatoms. The number of fused-ring (bicyclic) bond motifs is 5. The molecular formula is C47H29N3O. The molecule has 4 nitrogen and oxygen atoms in total. The van der Waals surface area contributed by atoms with Gasteiger partial charge in [-0.1, -0.05) is 164 Å². The Hall–Kier alpha value is -6.91. The van der Waals surface area contributed by atoms with Gasteiger partial charge in [0.25, 0.3) is 0 Å². The summed E-state index contributed by atoms with van der Waals surface area (Å²) in [4.78, 5) is 14.7. The molecule has 0 aliphatic heterocycles. The maximum Gasteiger partial charge on any atom is 0.164 e. The molecule has 0 amide bonds. The first-order valence-corrected chi connectivity index (χ1v) is 17.1. The highest BCUT2D eigenvalue weighted by atomic mass is 16.3. The van der Waals surface area contributed by atoms with Crippen LogP contribution in [0, 0.1) is 0 Å². The van der Waals surface area contributed by atoms with Gasteiger partial charge in [0.15, 0.2) is 17.5 Å². The smallest absolute Gasteiger partial charge is 0.164 e. The molecule has 0 aliphatic rings. The second-order valence-corrected chi connectivity index (χ2v) is 12.8. The van der Waals surface area contributed by atoms with Crippen molar-refractivity contribution in [1.82, 2.24) is 15.0 Å². The molecule has 10 rings (SSSR count). The summed E-state index contributed by atoms with van der Waals surface area (Å²) in [6.45, 7) is 0. The Balaban J connectivity index is 1.12. The minimum atomic E-state index is 0.628. The zero-order valence-electron chi connectivity index (χ0n) is 27.5. The van der Waals surface area contributed by atoms with Crippen molar-refractivity contribution in [3.05, 3.63) is 176 Å². The normalized spacial score (nSPS) is 11.5. The van der Waals surface area contributed by atoms with Crippen LogP contribution in [0.1, 0.15) is 0 Å². The van der Waals surface area contributed by atoms with E-state index in [-0.39, 0.29) is 0 Å². The van der Waals surface area contributed by atoms with Crippen molar-refractivity contribution in [3.8, 4) is 56.4 Å². The van der Waals surface area contributed by atoms with Crippen molar-refractivity contribution in [2.24, 2.45) is 0 Å². The summed E-state index contributed by atoms with van der Waals surface area (Å²) in [5.41, 5.74) is 8.93. The van der Waals surface area contributed by atoms with Gasteiger partial charge in [0, 0.05) is 38.6 Å². The van der Waals surface area contributed by atoms with E-state index in [1.165, 1.54) is 21.5 Å². The molecule has 0 N–H and O–H groups in total. The standard InChI is InChI=1S/C47H29N3O/c1-3-13-32(14-4-1)45-48-46(33-15-5-2-6-16-33)50-47(49-45)34-25-23-31(24-26-34)39-20-11-21-40-41-29-36-18-9-10-19-38(36)42(44(41)51-43(39)40)37-27-22-30-12-7-8-17-35(30)28-37/h1-29H. The zero-order chi connectivity index (χ0) is 33.7. The largest absolute Gasteiger partial charge is 0.455 e. The van der Waals surface area contributed by atoms with Crippen molar-refractivity contribution in [2.45, 2.75) is 0 Å². The summed E-state index contributed by atoms with van der Waals surface area (Å²) >= 11 is 0. The molecule has 2 heterocycles. The van der Waals surface area contributed by atoms with Crippen LogP contribution in [-0.2, 0) is 0 Å². The Kier molecular flexibility index (Phi) is 6.78. The van der Waals surface area contributed by atoms with E-state index < -0.39 is 0 Å². The Morgan fingerprint density at radius 2 is 0.843 bits per heavy atom. The summed E-state index contributed by atoms with van der Waals surface area (Å²) in [5.74, 6) is 1.92. The predicted molar refractivity (Wildman–Crippen MR) is 209 cm³/mol. The second-order valence-electron chi connectivity index (χ2n) is 12.8. The van der Waals surface area contributed by atoms with Gasteiger partial charge in [0.1, 0.15) is 11.2 Å². The Morgan fingerprint density at radius 1 is 0.314 bits per heavy atom. The Morgan fingerprint density at radius 3 is 1.53 bits per heavy atom. The van der Waals surface area contributed by atoms with Crippen LogP contribution >= 0.6 is 0 Å². The lowest BCUT2D eigenvalue weighted by Gasteiger charge is -2.10. The van der Waals surface area contributed by atoms with Crippen molar-refractivity contribution in [3.63, 3.8) is 0 Å². The van der Waals surface area contributed by atoms with E-state index in [9.17, 15) is 0 Å². The molecule has 0 atom stereocenters. The third-order valence-electron chi connectivity index (χ3n) is 9.70. The fourth-order valence-electron chi connectivity index (χ4n) is 7.19.